The van der Waals surface area contributed by atoms with Crippen LogP contribution in [0.15, 0.2) is 35.1 Å². The Hall–Kier alpha value is -2.19. The lowest BCUT2D eigenvalue weighted by Crippen LogP contribution is -2.44. The molecule has 2 aromatic rings. The fourth-order valence-corrected chi connectivity index (χ4v) is 3.98. The van der Waals surface area contributed by atoms with Crippen molar-refractivity contribution in [1.82, 2.24) is 14.2 Å². The molecule has 1 saturated heterocycles. The number of aryl methyl sites for hydroxylation is 1. The van der Waals surface area contributed by atoms with Crippen LogP contribution in [0.2, 0.25) is 0 Å². The molecule has 1 aliphatic heterocycles. The Morgan fingerprint density at radius 3 is 2.77 bits per heavy atom. The average molecular weight is 377 g/mol. The summed E-state index contributed by atoms with van der Waals surface area (Å²) in [5.41, 5.74) is 0.899. The predicted octanol–water partition coefficient (Wildman–Crippen LogP) is 0.940. The third-order valence-electron chi connectivity index (χ3n) is 4.82. The van der Waals surface area contributed by atoms with Crippen molar-refractivity contribution in [2.75, 3.05) is 25.9 Å². The number of rotatable bonds is 4. The summed E-state index contributed by atoms with van der Waals surface area (Å²) in [5.74, 6) is -0.108. The highest BCUT2D eigenvalue weighted by molar-refractivity contribution is 7.88. The average Bonchev–Trinajstić information content (AvgIpc) is 2.62. The molecule has 1 unspecified atom stereocenters. The van der Waals surface area contributed by atoms with Crippen molar-refractivity contribution in [2.24, 2.45) is 13.0 Å². The standard InChI is InChI=1S/C18H23N3O4S/c1-20-16-8-4-3-7-14(16)15(10-17(20)22)18(23)21-9-5-6-13(12-21)11-19-26(2,24)25/h3-4,7-8,10,13,19H,5-6,9,11-12H2,1-2H3. The van der Waals surface area contributed by atoms with Gasteiger partial charge < -0.3 is 9.47 Å². The molecule has 0 bridgehead atoms. The first-order valence-electron chi connectivity index (χ1n) is 8.59. The number of nitrogens with one attached hydrogen (secondary N) is 1. The van der Waals surface area contributed by atoms with Gasteiger partial charge in [0.05, 0.1) is 17.3 Å². The molecule has 1 aliphatic rings. The number of piperidine rings is 1. The number of amides is 1. The van der Waals surface area contributed by atoms with Gasteiger partial charge in [-0.2, -0.15) is 0 Å². The number of hydrogen-bond acceptors (Lipinski definition) is 4. The molecule has 1 atom stereocenters. The molecule has 140 valence electrons. The zero-order valence-corrected chi connectivity index (χ0v) is 15.8. The number of aromatic nitrogens is 1. The Bertz CT molecular complexity index is 997. The summed E-state index contributed by atoms with van der Waals surface area (Å²) in [6.45, 7) is 1.41. The van der Waals surface area contributed by atoms with E-state index < -0.39 is 10.0 Å². The highest BCUT2D eigenvalue weighted by atomic mass is 32.2. The normalized spacial score (nSPS) is 18.2. The van der Waals surface area contributed by atoms with Crippen LogP contribution in [0, 0.1) is 5.92 Å². The lowest BCUT2D eigenvalue weighted by molar-refractivity contribution is 0.0678. The minimum atomic E-state index is -3.25. The van der Waals surface area contributed by atoms with Gasteiger partial charge in [0.2, 0.25) is 10.0 Å². The number of hydrogen-bond donors (Lipinski definition) is 1. The van der Waals surface area contributed by atoms with Crippen LogP contribution in [0.25, 0.3) is 10.9 Å². The fourth-order valence-electron chi connectivity index (χ4n) is 3.44. The van der Waals surface area contributed by atoms with E-state index in [1.807, 2.05) is 24.3 Å². The van der Waals surface area contributed by atoms with E-state index in [4.69, 9.17) is 0 Å². The number of carbonyl (C=O) groups is 1. The van der Waals surface area contributed by atoms with Gasteiger partial charge in [-0.15, -0.1) is 0 Å². The molecule has 0 saturated carbocycles. The Labute approximate surface area is 152 Å². The number of pyridine rings is 1. The molecule has 0 aliphatic carbocycles. The van der Waals surface area contributed by atoms with Gasteiger partial charge in [0.1, 0.15) is 0 Å². The smallest absolute Gasteiger partial charge is 0.254 e. The number of nitrogens with zero attached hydrogens (tertiary/aromatic N) is 2. The quantitative estimate of drug-likeness (QED) is 0.859. The van der Waals surface area contributed by atoms with Gasteiger partial charge in [-0.1, -0.05) is 18.2 Å². The van der Waals surface area contributed by atoms with E-state index in [9.17, 15) is 18.0 Å². The van der Waals surface area contributed by atoms with Crippen LogP contribution in [0.4, 0.5) is 0 Å². The monoisotopic (exact) mass is 377 g/mol. The van der Waals surface area contributed by atoms with Crippen LogP contribution >= 0.6 is 0 Å². The van der Waals surface area contributed by atoms with Crippen LogP contribution in [0.5, 0.6) is 0 Å². The first-order valence-corrected chi connectivity index (χ1v) is 10.5. The van der Waals surface area contributed by atoms with Crippen LogP contribution in [0.3, 0.4) is 0 Å². The summed E-state index contributed by atoms with van der Waals surface area (Å²) >= 11 is 0. The third-order valence-corrected chi connectivity index (χ3v) is 5.52. The van der Waals surface area contributed by atoms with Crippen molar-refractivity contribution in [2.45, 2.75) is 12.8 Å². The highest BCUT2D eigenvalue weighted by Crippen LogP contribution is 2.22. The molecule has 2 heterocycles. The molecule has 0 radical (unpaired) electrons. The molecule has 1 aromatic carbocycles. The summed E-state index contributed by atoms with van der Waals surface area (Å²) in [4.78, 5) is 27.0. The summed E-state index contributed by atoms with van der Waals surface area (Å²) in [6.07, 6.45) is 2.80. The lowest BCUT2D eigenvalue weighted by atomic mass is 9.97. The van der Waals surface area contributed by atoms with E-state index in [1.165, 1.54) is 10.6 Å². The topological polar surface area (TPSA) is 88.5 Å². The number of sulfonamides is 1. The second kappa shape index (κ2) is 7.20. The summed E-state index contributed by atoms with van der Waals surface area (Å²) < 4.78 is 26.6. The largest absolute Gasteiger partial charge is 0.338 e. The highest BCUT2D eigenvalue weighted by Gasteiger charge is 2.26. The van der Waals surface area contributed by atoms with Gasteiger partial charge in [-0.05, 0) is 24.8 Å². The minimum Gasteiger partial charge on any atom is -0.338 e. The Morgan fingerprint density at radius 2 is 2.04 bits per heavy atom. The van der Waals surface area contributed by atoms with E-state index >= 15 is 0 Å². The van der Waals surface area contributed by atoms with Crippen LogP contribution in [-0.2, 0) is 17.1 Å². The van der Waals surface area contributed by atoms with E-state index in [2.05, 4.69) is 4.72 Å². The maximum atomic E-state index is 13.1. The lowest BCUT2D eigenvalue weighted by Gasteiger charge is -2.33. The predicted molar refractivity (Wildman–Crippen MR) is 101 cm³/mol. The molecule has 1 N–H and O–H groups in total. The zero-order valence-electron chi connectivity index (χ0n) is 14.9. The summed E-state index contributed by atoms with van der Waals surface area (Å²) in [7, 11) is -1.56. The van der Waals surface area contributed by atoms with E-state index in [-0.39, 0.29) is 17.4 Å². The van der Waals surface area contributed by atoms with Crippen LogP contribution in [-0.4, -0.2) is 49.7 Å². The zero-order chi connectivity index (χ0) is 18.9. The van der Waals surface area contributed by atoms with Crippen molar-refractivity contribution in [3.8, 4) is 0 Å². The molecular formula is C18H23N3O4S. The Balaban J connectivity index is 1.86. The minimum absolute atomic E-state index is 0.0697. The van der Waals surface area contributed by atoms with Crippen molar-refractivity contribution in [3.63, 3.8) is 0 Å². The SMILES string of the molecule is Cn1c(=O)cc(C(=O)N2CCCC(CNS(C)(=O)=O)C2)c2ccccc21. The molecule has 1 amide bonds. The van der Waals surface area contributed by atoms with Crippen molar-refractivity contribution in [3.05, 3.63) is 46.2 Å². The van der Waals surface area contributed by atoms with Gasteiger partial charge >= 0.3 is 0 Å². The van der Waals surface area contributed by atoms with E-state index in [0.717, 1.165) is 30.0 Å². The molecule has 8 heteroatoms. The first kappa shape index (κ1) is 18.6. The molecular weight excluding hydrogens is 354 g/mol. The molecule has 7 nitrogen and oxygen atoms in total. The van der Waals surface area contributed by atoms with E-state index in [0.29, 0.717) is 25.2 Å². The van der Waals surface area contributed by atoms with Gasteiger partial charge in [0.15, 0.2) is 0 Å². The van der Waals surface area contributed by atoms with Gasteiger partial charge in [-0.25, -0.2) is 13.1 Å². The van der Waals surface area contributed by atoms with Gasteiger partial charge in [0, 0.05) is 38.1 Å². The van der Waals surface area contributed by atoms with Crippen LogP contribution in [0.1, 0.15) is 23.2 Å². The molecule has 0 spiro atoms. The molecule has 1 fully saturated rings. The van der Waals surface area contributed by atoms with Crippen molar-refractivity contribution >= 4 is 26.8 Å². The first-order chi connectivity index (χ1) is 12.3. The molecule has 1 aromatic heterocycles. The molecule has 26 heavy (non-hydrogen) atoms. The Morgan fingerprint density at radius 1 is 1.31 bits per heavy atom. The van der Waals surface area contributed by atoms with Crippen LogP contribution < -0.4 is 10.3 Å². The fraction of sp³-hybridized carbons (Fsp3) is 0.444. The van der Waals surface area contributed by atoms with Gasteiger partial charge in [0.25, 0.3) is 11.5 Å². The number of benzene rings is 1. The number of para-hydroxylation sites is 1. The number of likely N-dealkylation sites (tertiary alicyclic amines) is 1. The number of fused-ring (bicyclic) bond motifs is 1. The number of carbonyl (C=O) groups excluding carboxylic acids is 1. The summed E-state index contributed by atoms with van der Waals surface area (Å²) in [6, 6.07) is 8.74. The summed E-state index contributed by atoms with van der Waals surface area (Å²) in [5, 5.41) is 0.746. The van der Waals surface area contributed by atoms with Crippen molar-refractivity contribution in [1.29, 1.82) is 0 Å². The van der Waals surface area contributed by atoms with Gasteiger partial charge in [-0.3, -0.25) is 9.59 Å². The molecule has 3 rings (SSSR count). The Kier molecular flexibility index (Phi) is 5.15. The van der Waals surface area contributed by atoms with Crippen molar-refractivity contribution < 1.29 is 13.2 Å². The van der Waals surface area contributed by atoms with E-state index in [1.54, 1.807) is 11.9 Å². The third kappa shape index (κ3) is 3.96. The second-order valence-electron chi connectivity index (χ2n) is 6.85. The second-order valence-corrected chi connectivity index (χ2v) is 8.69. The maximum Gasteiger partial charge on any atom is 0.254 e. The maximum absolute atomic E-state index is 13.1.